The van der Waals surface area contributed by atoms with Crippen LogP contribution in [0.25, 0.3) is 5.57 Å². The molecule has 0 atom stereocenters. The normalized spacial score (nSPS) is 14.1. The van der Waals surface area contributed by atoms with Crippen molar-refractivity contribution in [3.63, 3.8) is 0 Å². The topological polar surface area (TPSA) is 46.2 Å². The molecule has 0 aliphatic carbocycles. The van der Waals surface area contributed by atoms with Crippen molar-refractivity contribution in [2.45, 2.75) is 6.42 Å². The Labute approximate surface area is 116 Å². The Bertz CT molecular complexity index is 702. The number of carbonyl (C=O) groups excluding carboxylic acids is 2. The van der Waals surface area contributed by atoms with Crippen molar-refractivity contribution < 1.29 is 9.59 Å². The average Bonchev–Trinajstić information content (AvgIpc) is 2.79. The predicted molar refractivity (Wildman–Crippen MR) is 76.8 cm³/mol. The molecule has 3 heteroatoms. The van der Waals surface area contributed by atoms with Gasteiger partial charge in [-0.2, -0.15) is 0 Å². The summed E-state index contributed by atoms with van der Waals surface area (Å²) in [6.45, 7) is 0. The van der Waals surface area contributed by atoms with E-state index < -0.39 is 0 Å². The standard InChI is InChI=1S/C17H13NO2/c19-16-11-15(17(20)18-16)14-9-5-4-8-13(14)10-12-6-2-1-3-7-12/h1-9,11H,10H2,(H,18,19,20). The van der Waals surface area contributed by atoms with Crippen molar-refractivity contribution in [1.82, 2.24) is 5.32 Å². The van der Waals surface area contributed by atoms with Gasteiger partial charge < -0.3 is 0 Å². The molecule has 0 fully saturated rings. The highest BCUT2D eigenvalue weighted by molar-refractivity contribution is 6.33. The number of nitrogens with one attached hydrogen (secondary N) is 1. The molecule has 0 bridgehead atoms. The molecule has 2 amide bonds. The van der Waals surface area contributed by atoms with Gasteiger partial charge in [0.25, 0.3) is 11.8 Å². The molecule has 98 valence electrons. The number of amides is 2. The summed E-state index contributed by atoms with van der Waals surface area (Å²) < 4.78 is 0. The van der Waals surface area contributed by atoms with Crippen LogP contribution in [0, 0.1) is 0 Å². The molecular formula is C17H13NO2. The lowest BCUT2D eigenvalue weighted by Crippen LogP contribution is -2.22. The van der Waals surface area contributed by atoms with Crippen molar-refractivity contribution in [3.8, 4) is 0 Å². The van der Waals surface area contributed by atoms with Gasteiger partial charge in [-0.25, -0.2) is 0 Å². The summed E-state index contributed by atoms with van der Waals surface area (Å²) in [6.07, 6.45) is 2.10. The fraction of sp³-hybridized carbons (Fsp3) is 0.0588. The molecule has 3 rings (SSSR count). The van der Waals surface area contributed by atoms with E-state index in [1.807, 2.05) is 54.6 Å². The van der Waals surface area contributed by atoms with Crippen molar-refractivity contribution in [3.05, 3.63) is 77.4 Å². The van der Waals surface area contributed by atoms with Gasteiger partial charge in [0.1, 0.15) is 0 Å². The Morgan fingerprint density at radius 1 is 0.850 bits per heavy atom. The number of hydrogen-bond donors (Lipinski definition) is 1. The average molecular weight is 263 g/mol. The summed E-state index contributed by atoms with van der Waals surface area (Å²) in [5.74, 6) is -0.671. The Balaban J connectivity index is 1.99. The van der Waals surface area contributed by atoms with Crippen LogP contribution >= 0.6 is 0 Å². The molecule has 1 aliphatic rings. The van der Waals surface area contributed by atoms with Gasteiger partial charge in [0.05, 0.1) is 5.57 Å². The van der Waals surface area contributed by atoms with Crippen LogP contribution in [0.15, 0.2) is 60.7 Å². The van der Waals surface area contributed by atoms with Gasteiger partial charge >= 0.3 is 0 Å². The van der Waals surface area contributed by atoms with Crippen LogP contribution in [0.3, 0.4) is 0 Å². The van der Waals surface area contributed by atoms with Crippen LogP contribution in [-0.2, 0) is 16.0 Å². The Morgan fingerprint density at radius 3 is 2.25 bits per heavy atom. The first-order chi connectivity index (χ1) is 9.74. The Hall–Kier alpha value is -2.68. The number of rotatable bonds is 3. The van der Waals surface area contributed by atoms with Crippen molar-refractivity contribution in [1.29, 1.82) is 0 Å². The van der Waals surface area contributed by atoms with E-state index in [0.717, 1.165) is 17.5 Å². The second kappa shape index (κ2) is 5.13. The molecule has 0 radical (unpaired) electrons. The molecule has 0 saturated heterocycles. The van der Waals surface area contributed by atoms with Crippen LogP contribution < -0.4 is 5.32 Å². The van der Waals surface area contributed by atoms with E-state index >= 15 is 0 Å². The van der Waals surface area contributed by atoms with Crippen LogP contribution in [0.4, 0.5) is 0 Å². The van der Waals surface area contributed by atoms with Gasteiger partial charge in [-0.3, -0.25) is 14.9 Å². The molecule has 1 N–H and O–H groups in total. The van der Waals surface area contributed by atoms with Crippen molar-refractivity contribution in [2.75, 3.05) is 0 Å². The van der Waals surface area contributed by atoms with Gasteiger partial charge in [0.15, 0.2) is 0 Å². The number of benzene rings is 2. The number of hydrogen-bond acceptors (Lipinski definition) is 2. The second-order valence-corrected chi connectivity index (χ2v) is 4.70. The van der Waals surface area contributed by atoms with Gasteiger partial charge in [-0.05, 0) is 23.1 Å². The van der Waals surface area contributed by atoms with Gasteiger partial charge in [0, 0.05) is 6.08 Å². The zero-order valence-corrected chi connectivity index (χ0v) is 10.8. The highest BCUT2D eigenvalue weighted by Gasteiger charge is 2.23. The zero-order chi connectivity index (χ0) is 13.9. The van der Waals surface area contributed by atoms with Crippen LogP contribution in [0.1, 0.15) is 16.7 Å². The maximum absolute atomic E-state index is 11.8. The molecule has 20 heavy (non-hydrogen) atoms. The molecule has 0 spiro atoms. The molecule has 0 unspecified atom stereocenters. The minimum absolute atomic E-state index is 0.324. The van der Waals surface area contributed by atoms with E-state index in [9.17, 15) is 9.59 Å². The largest absolute Gasteiger partial charge is 0.289 e. The van der Waals surface area contributed by atoms with Gasteiger partial charge in [-0.15, -0.1) is 0 Å². The van der Waals surface area contributed by atoms with Gasteiger partial charge in [0.2, 0.25) is 0 Å². The minimum Gasteiger partial charge on any atom is -0.289 e. The zero-order valence-electron chi connectivity index (χ0n) is 10.8. The van der Waals surface area contributed by atoms with E-state index in [4.69, 9.17) is 0 Å². The van der Waals surface area contributed by atoms with E-state index in [-0.39, 0.29) is 11.8 Å². The van der Waals surface area contributed by atoms with E-state index in [1.54, 1.807) is 0 Å². The molecular weight excluding hydrogens is 250 g/mol. The lowest BCUT2D eigenvalue weighted by molar-refractivity contribution is -0.123. The molecule has 3 nitrogen and oxygen atoms in total. The number of imide groups is 1. The molecule has 0 aromatic heterocycles. The van der Waals surface area contributed by atoms with E-state index in [1.165, 1.54) is 11.6 Å². The van der Waals surface area contributed by atoms with Crippen LogP contribution in [0.5, 0.6) is 0 Å². The first-order valence-corrected chi connectivity index (χ1v) is 6.43. The highest BCUT2D eigenvalue weighted by atomic mass is 16.2. The summed E-state index contributed by atoms with van der Waals surface area (Å²) in [7, 11) is 0. The fourth-order valence-corrected chi connectivity index (χ4v) is 2.37. The Kier molecular flexibility index (Phi) is 3.17. The van der Waals surface area contributed by atoms with Crippen LogP contribution in [0.2, 0.25) is 0 Å². The first-order valence-electron chi connectivity index (χ1n) is 6.43. The van der Waals surface area contributed by atoms with Gasteiger partial charge in [-0.1, -0.05) is 54.6 Å². The molecule has 1 aliphatic heterocycles. The lowest BCUT2D eigenvalue weighted by atomic mass is 9.95. The lowest BCUT2D eigenvalue weighted by Gasteiger charge is -2.09. The smallest absolute Gasteiger partial charge is 0.258 e. The summed E-state index contributed by atoms with van der Waals surface area (Å²) >= 11 is 0. The summed E-state index contributed by atoms with van der Waals surface area (Å²) in [5, 5.41) is 2.29. The number of carbonyl (C=O) groups is 2. The first kappa shape index (κ1) is 12.4. The Morgan fingerprint density at radius 2 is 1.55 bits per heavy atom. The summed E-state index contributed by atoms with van der Waals surface area (Å²) in [5.41, 5.74) is 3.47. The molecule has 2 aromatic carbocycles. The SMILES string of the molecule is O=C1C=C(c2ccccc2Cc2ccccc2)C(=O)N1. The third-order valence-corrected chi connectivity index (χ3v) is 3.30. The van der Waals surface area contributed by atoms with E-state index in [0.29, 0.717) is 5.57 Å². The fourth-order valence-electron chi connectivity index (χ4n) is 2.37. The predicted octanol–water partition coefficient (Wildman–Crippen LogP) is 2.32. The summed E-state index contributed by atoms with van der Waals surface area (Å²) in [4.78, 5) is 23.1. The van der Waals surface area contributed by atoms with E-state index in [2.05, 4.69) is 5.32 Å². The third-order valence-electron chi connectivity index (χ3n) is 3.30. The monoisotopic (exact) mass is 263 g/mol. The maximum atomic E-state index is 11.8. The van der Waals surface area contributed by atoms with Crippen LogP contribution in [-0.4, -0.2) is 11.8 Å². The highest BCUT2D eigenvalue weighted by Crippen LogP contribution is 2.24. The molecule has 0 saturated carbocycles. The molecule has 1 heterocycles. The molecule has 2 aromatic rings. The van der Waals surface area contributed by atoms with Crippen molar-refractivity contribution >= 4 is 17.4 Å². The van der Waals surface area contributed by atoms with Crippen molar-refractivity contribution in [2.24, 2.45) is 0 Å². The minimum atomic E-state index is -0.348. The quantitative estimate of drug-likeness (QED) is 0.864. The maximum Gasteiger partial charge on any atom is 0.258 e. The third kappa shape index (κ3) is 2.38. The summed E-state index contributed by atoms with van der Waals surface area (Å²) in [6, 6.07) is 17.7. The second-order valence-electron chi connectivity index (χ2n) is 4.70.